The topological polar surface area (TPSA) is 50.4 Å². The normalized spacial score (nSPS) is 15.5. The molecular weight excluding hydrogens is 288 g/mol. The van der Waals surface area contributed by atoms with Crippen molar-refractivity contribution in [3.63, 3.8) is 0 Å². The predicted octanol–water partition coefficient (Wildman–Crippen LogP) is 2.68. The van der Waals surface area contributed by atoms with Crippen LogP contribution in [-0.4, -0.2) is 26.1 Å². The minimum atomic E-state index is 0. The first kappa shape index (κ1) is 17.8. The van der Waals surface area contributed by atoms with E-state index in [1.165, 1.54) is 0 Å². The molecule has 0 bridgehead atoms. The molecule has 21 heavy (non-hydrogen) atoms. The molecule has 4 nitrogen and oxygen atoms in total. The zero-order valence-electron chi connectivity index (χ0n) is 12.7. The van der Waals surface area contributed by atoms with Gasteiger partial charge in [0, 0.05) is 13.1 Å². The molecule has 1 aliphatic rings. The molecule has 1 unspecified atom stereocenters. The van der Waals surface area contributed by atoms with Crippen LogP contribution >= 0.6 is 12.4 Å². The quantitative estimate of drug-likeness (QED) is 0.814. The molecule has 5 heteroatoms. The van der Waals surface area contributed by atoms with E-state index in [9.17, 15) is 4.79 Å². The van der Waals surface area contributed by atoms with E-state index in [1.807, 2.05) is 24.3 Å². The van der Waals surface area contributed by atoms with Gasteiger partial charge in [0.15, 0.2) is 0 Å². The highest BCUT2D eigenvalue weighted by Gasteiger charge is 2.26. The molecule has 1 aliphatic heterocycles. The fourth-order valence-corrected chi connectivity index (χ4v) is 2.33. The van der Waals surface area contributed by atoms with E-state index >= 15 is 0 Å². The van der Waals surface area contributed by atoms with Crippen LogP contribution in [0.4, 0.5) is 0 Å². The summed E-state index contributed by atoms with van der Waals surface area (Å²) in [6, 6.07) is 8.09. The van der Waals surface area contributed by atoms with Gasteiger partial charge < -0.3 is 15.4 Å². The van der Waals surface area contributed by atoms with Crippen LogP contribution in [0, 0.1) is 5.92 Å². The highest BCUT2D eigenvalue weighted by Crippen LogP contribution is 2.23. The van der Waals surface area contributed by atoms with Gasteiger partial charge in [-0.15, -0.1) is 12.4 Å². The third-order valence-corrected chi connectivity index (χ3v) is 3.83. The van der Waals surface area contributed by atoms with Crippen molar-refractivity contribution in [3.05, 3.63) is 29.8 Å². The molecule has 118 valence electrons. The number of hydrogen-bond donors (Lipinski definition) is 2. The molecular formula is C16H25ClN2O2. The summed E-state index contributed by atoms with van der Waals surface area (Å²) < 4.78 is 5.18. The molecule has 1 saturated heterocycles. The van der Waals surface area contributed by atoms with Crippen LogP contribution in [0.1, 0.15) is 37.8 Å². The summed E-state index contributed by atoms with van der Waals surface area (Å²) >= 11 is 0. The van der Waals surface area contributed by atoms with E-state index in [4.69, 9.17) is 4.74 Å². The molecule has 0 radical (unpaired) electrons. The molecule has 2 N–H and O–H groups in total. The van der Waals surface area contributed by atoms with Crippen molar-refractivity contribution in [2.24, 2.45) is 5.92 Å². The number of halogens is 1. The monoisotopic (exact) mass is 312 g/mol. The van der Waals surface area contributed by atoms with E-state index in [0.717, 1.165) is 43.7 Å². The lowest BCUT2D eigenvalue weighted by molar-refractivity contribution is -0.127. The summed E-state index contributed by atoms with van der Waals surface area (Å²) in [5.41, 5.74) is 1.15. The van der Waals surface area contributed by atoms with E-state index in [-0.39, 0.29) is 30.3 Å². The minimum absolute atomic E-state index is 0. The van der Waals surface area contributed by atoms with Crippen LogP contribution in [0.5, 0.6) is 5.75 Å². The third kappa shape index (κ3) is 4.90. The van der Waals surface area contributed by atoms with Crippen LogP contribution in [0.3, 0.4) is 0 Å². The number of hydrogen-bond acceptors (Lipinski definition) is 3. The molecule has 0 spiro atoms. The van der Waals surface area contributed by atoms with Crippen molar-refractivity contribution in [2.75, 3.05) is 20.2 Å². The molecule has 1 heterocycles. The van der Waals surface area contributed by atoms with Gasteiger partial charge in [0.2, 0.25) is 5.91 Å². The number of ether oxygens (including phenoxy) is 1. The predicted molar refractivity (Wildman–Crippen MR) is 87.0 cm³/mol. The third-order valence-electron chi connectivity index (χ3n) is 3.83. The van der Waals surface area contributed by atoms with Gasteiger partial charge in [-0.25, -0.2) is 0 Å². The van der Waals surface area contributed by atoms with Crippen LogP contribution in [0.25, 0.3) is 0 Å². The van der Waals surface area contributed by atoms with E-state index in [2.05, 4.69) is 17.6 Å². The molecule has 1 atom stereocenters. The molecule has 0 saturated carbocycles. The standard InChI is InChI=1S/C16H24N2O2.ClH/c1-3-4-5-15(18-16(19)13-10-17-11-13)12-6-8-14(20-2)9-7-12;/h6-9,13,15,17H,3-5,10-11H2,1-2H3,(H,18,19);1H. The number of amides is 1. The Kier molecular flexibility index (Phi) is 7.54. The summed E-state index contributed by atoms with van der Waals surface area (Å²) in [6.45, 7) is 3.77. The number of carbonyl (C=O) groups excluding carboxylic acids is 1. The zero-order chi connectivity index (χ0) is 14.4. The maximum atomic E-state index is 12.1. The minimum Gasteiger partial charge on any atom is -0.497 e. The Morgan fingerprint density at radius 3 is 2.52 bits per heavy atom. The Bertz CT molecular complexity index is 432. The second-order valence-electron chi connectivity index (χ2n) is 5.33. The Balaban J connectivity index is 0.00000220. The largest absolute Gasteiger partial charge is 0.497 e. The second-order valence-corrected chi connectivity index (χ2v) is 5.33. The van der Waals surface area contributed by atoms with Crippen molar-refractivity contribution >= 4 is 18.3 Å². The first-order chi connectivity index (χ1) is 9.74. The number of methoxy groups -OCH3 is 1. The zero-order valence-corrected chi connectivity index (χ0v) is 13.5. The SMILES string of the molecule is CCCCC(NC(=O)C1CNC1)c1ccc(OC)cc1.Cl. The molecule has 0 aliphatic carbocycles. The average Bonchev–Trinajstić information content (AvgIpc) is 2.41. The first-order valence-electron chi connectivity index (χ1n) is 7.39. The lowest BCUT2D eigenvalue weighted by Crippen LogP contribution is -2.51. The van der Waals surface area contributed by atoms with Crippen molar-refractivity contribution < 1.29 is 9.53 Å². The summed E-state index contributed by atoms with van der Waals surface area (Å²) in [6.07, 6.45) is 3.22. The number of unbranched alkanes of at least 4 members (excludes halogenated alkanes) is 1. The summed E-state index contributed by atoms with van der Waals surface area (Å²) in [5.74, 6) is 1.15. The maximum absolute atomic E-state index is 12.1. The Labute approximate surface area is 133 Å². The lowest BCUT2D eigenvalue weighted by atomic mass is 9.98. The molecule has 1 fully saturated rings. The Morgan fingerprint density at radius 2 is 2.05 bits per heavy atom. The Morgan fingerprint density at radius 1 is 1.38 bits per heavy atom. The smallest absolute Gasteiger partial charge is 0.226 e. The first-order valence-corrected chi connectivity index (χ1v) is 7.39. The maximum Gasteiger partial charge on any atom is 0.226 e. The number of benzene rings is 1. The summed E-state index contributed by atoms with van der Waals surface area (Å²) in [5, 5.41) is 6.32. The molecule has 1 aromatic carbocycles. The van der Waals surface area contributed by atoms with Crippen molar-refractivity contribution in [1.82, 2.24) is 10.6 Å². The van der Waals surface area contributed by atoms with Gasteiger partial charge >= 0.3 is 0 Å². The highest BCUT2D eigenvalue weighted by atomic mass is 35.5. The van der Waals surface area contributed by atoms with Gasteiger partial charge in [0.25, 0.3) is 0 Å². The van der Waals surface area contributed by atoms with Gasteiger partial charge in [-0.05, 0) is 24.1 Å². The Hall–Kier alpha value is -1.26. The number of carbonyl (C=O) groups is 1. The molecule has 1 aromatic rings. The number of rotatable bonds is 7. The van der Waals surface area contributed by atoms with Crippen LogP contribution in [-0.2, 0) is 4.79 Å². The van der Waals surface area contributed by atoms with Gasteiger partial charge in [-0.2, -0.15) is 0 Å². The van der Waals surface area contributed by atoms with Crippen molar-refractivity contribution in [1.29, 1.82) is 0 Å². The van der Waals surface area contributed by atoms with Gasteiger partial charge in [0.05, 0.1) is 19.1 Å². The molecule has 1 amide bonds. The number of nitrogens with one attached hydrogen (secondary N) is 2. The fourth-order valence-electron chi connectivity index (χ4n) is 2.33. The fraction of sp³-hybridized carbons (Fsp3) is 0.562. The summed E-state index contributed by atoms with van der Waals surface area (Å²) in [4.78, 5) is 12.1. The van der Waals surface area contributed by atoms with Crippen LogP contribution < -0.4 is 15.4 Å². The van der Waals surface area contributed by atoms with E-state index < -0.39 is 0 Å². The second kappa shape index (κ2) is 8.90. The van der Waals surface area contributed by atoms with E-state index in [1.54, 1.807) is 7.11 Å². The van der Waals surface area contributed by atoms with Gasteiger partial charge in [-0.3, -0.25) is 4.79 Å². The molecule has 0 aromatic heterocycles. The van der Waals surface area contributed by atoms with Crippen LogP contribution in [0.2, 0.25) is 0 Å². The average molecular weight is 313 g/mol. The van der Waals surface area contributed by atoms with Crippen molar-refractivity contribution in [3.8, 4) is 5.75 Å². The van der Waals surface area contributed by atoms with E-state index in [0.29, 0.717) is 0 Å². The van der Waals surface area contributed by atoms with Gasteiger partial charge in [-0.1, -0.05) is 31.9 Å². The lowest BCUT2D eigenvalue weighted by Gasteiger charge is -2.29. The summed E-state index contributed by atoms with van der Waals surface area (Å²) in [7, 11) is 1.66. The van der Waals surface area contributed by atoms with Crippen LogP contribution in [0.15, 0.2) is 24.3 Å². The molecule has 2 rings (SSSR count). The highest BCUT2D eigenvalue weighted by molar-refractivity contribution is 5.85. The van der Waals surface area contributed by atoms with Gasteiger partial charge in [0.1, 0.15) is 5.75 Å². The van der Waals surface area contributed by atoms with Crippen molar-refractivity contribution in [2.45, 2.75) is 32.2 Å².